The van der Waals surface area contributed by atoms with Gasteiger partial charge < -0.3 is 8.83 Å². The first-order valence-electron chi connectivity index (χ1n) is 8.29. The number of hydrogen-bond acceptors (Lipinski definition) is 8. The molecule has 5 aromatic rings. The molecular formula is C19H11ClN4O2S2. The lowest BCUT2D eigenvalue weighted by Gasteiger charge is -1.93. The zero-order valence-corrected chi connectivity index (χ0v) is 16.6. The van der Waals surface area contributed by atoms with Crippen molar-refractivity contribution in [1.82, 2.24) is 20.4 Å². The first kappa shape index (κ1) is 17.4. The summed E-state index contributed by atoms with van der Waals surface area (Å²) in [5.74, 6) is 1.81. The minimum atomic E-state index is 0.407. The van der Waals surface area contributed by atoms with Crippen molar-refractivity contribution in [2.24, 2.45) is 0 Å². The highest BCUT2D eigenvalue weighted by molar-refractivity contribution is 7.98. The molecule has 5 rings (SSSR count). The first-order valence-corrected chi connectivity index (χ1v) is 10.5. The van der Waals surface area contributed by atoms with Gasteiger partial charge in [0, 0.05) is 15.6 Å². The molecule has 138 valence electrons. The summed E-state index contributed by atoms with van der Waals surface area (Å²) in [6.07, 6.45) is 0. The highest BCUT2D eigenvalue weighted by Gasteiger charge is 2.18. The van der Waals surface area contributed by atoms with Crippen LogP contribution in [0.3, 0.4) is 0 Å². The zero-order valence-electron chi connectivity index (χ0n) is 14.2. The molecule has 0 bridgehead atoms. The first-order chi connectivity index (χ1) is 13.8. The molecule has 0 spiro atoms. The van der Waals surface area contributed by atoms with Gasteiger partial charge in [-0.15, -0.1) is 31.7 Å². The number of hydrogen-bond donors (Lipinski definition) is 0. The van der Waals surface area contributed by atoms with E-state index in [1.54, 1.807) is 0 Å². The van der Waals surface area contributed by atoms with Crippen LogP contribution in [0.4, 0.5) is 0 Å². The number of thioether (sulfide) groups is 1. The number of benzene rings is 2. The summed E-state index contributed by atoms with van der Waals surface area (Å²) in [5.41, 5.74) is 0.880. The molecule has 0 atom stereocenters. The molecule has 2 aromatic carbocycles. The van der Waals surface area contributed by atoms with E-state index in [0.717, 1.165) is 20.5 Å². The molecule has 3 heterocycles. The van der Waals surface area contributed by atoms with Gasteiger partial charge in [-0.05, 0) is 18.2 Å². The molecule has 3 aromatic heterocycles. The molecule has 28 heavy (non-hydrogen) atoms. The van der Waals surface area contributed by atoms with Gasteiger partial charge in [-0.2, -0.15) is 0 Å². The summed E-state index contributed by atoms with van der Waals surface area (Å²) < 4.78 is 12.5. The van der Waals surface area contributed by atoms with Crippen LogP contribution in [0.25, 0.3) is 32.3 Å². The highest BCUT2D eigenvalue weighted by Crippen LogP contribution is 2.41. The van der Waals surface area contributed by atoms with E-state index in [-0.39, 0.29) is 0 Å². The average Bonchev–Trinajstić information content (AvgIpc) is 3.46. The molecule has 0 radical (unpaired) electrons. The van der Waals surface area contributed by atoms with Crippen LogP contribution < -0.4 is 0 Å². The maximum atomic E-state index is 6.48. The van der Waals surface area contributed by atoms with Gasteiger partial charge in [0.1, 0.15) is 4.88 Å². The summed E-state index contributed by atoms with van der Waals surface area (Å²) in [6, 6.07) is 17.5. The lowest BCUT2D eigenvalue weighted by molar-refractivity contribution is 0.465. The van der Waals surface area contributed by atoms with Gasteiger partial charge in [-0.3, -0.25) is 0 Å². The van der Waals surface area contributed by atoms with Crippen LogP contribution in [-0.4, -0.2) is 20.4 Å². The second-order valence-electron chi connectivity index (χ2n) is 5.77. The van der Waals surface area contributed by atoms with Crippen LogP contribution in [0.15, 0.2) is 68.7 Å². The number of thiophene rings is 1. The molecule has 0 fully saturated rings. The minimum Gasteiger partial charge on any atom is -0.420 e. The number of fused-ring (bicyclic) bond motifs is 1. The van der Waals surface area contributed by atoms with Gasteiger partial charge in [-0.25, -0.2) is 0 Å². The van der Waals surface area contributed by atoms with Gasteiger partial charge in [0.2, 0.25) is 11.8 Å². The topological polar surface area (TPSA) is 77.8 Å². The molecule has 0 saturated carbocycles. The molecule has 6 nitrogen and oxygen atoms in total. The summed E-state index contributed by atoms with van der Waals surface area (Å²) in [7, 11) is 0. The summed E-state index contributed by atoms with van der Waals surface area (Å²) in [6.45, 7) is 0. The highest BCUT2D eigenvalue weighted by atomic mass is 35.5. The number of nitrogens with zero attached hydrogens (tertiary/aromatic N) is 4. The van der Waals surface area contributed by atoms with Gasteiger partial charge in [0.05, 0.1) is 10.8 Å². The van der Waals surface area contributed by atoms with Crippen molar-refractivity contribution < 1.29 is 8.83 Å². The monoisotopic (exact) mass is 426 g/mol. The molecule has 0 saturated heterocycles. The number of aromatic nitrogens is 4. The lowest BCUT2D eigenvalue weighted by atomic mass is 10.2. The Hall–Kier alpha value is -2.68. The Labute approximate surface area is 172 Å². The quantitative estimate of drug-likeness (QED) is 0.321. The normalized spacial score (nSPS) is 11.3. The predicted octanol–water partition coefficient (Wildman–Crippen LogP) is 5.95. The van der Waals surface area contributed by atoms with Crippen molar-refractivity contribution in [2.75, 3.05) is 0 Å². The zero-order chi connectivity index (χ0) is 18.9. The Morgan fingerprint density at radius 1 is 0.857 bits per heavy atom. The maximum Gasteiger partial charge on any atom is 0.277 e. The van der Waals surface area contributed by atoms with E-state index in [9.17, 15) is 0 Å². The largest absolute Gasteiger partial charge is 0.420 e. The molecule has 0 amide bonds. The van der Waals surface area contributed by atoms with Crippen LogP contribution >= 0.6 is 34.7 Å². The smallest absolute Gasteiger partial charge is 0.277 e. The Kier molecular flexibility index (Phi) is 4.59. The Bertz CT molecular complexity index is 1250. The second-order valence-corrected chi connectivity index (χ2v) is 8.13. The molecule has 0 aliphatic heterocycles. The lowest BCUT2D eigenvalue weighted by Crippen LogP contribution is -1.80. The van der Waals surface area contributed by atoms with E-state index in [4.69, 9.17) is 20.4 Å². The van der Waals surface area contributed by atoms with Crippen molar-refractivity contribution in [1.29, 1.82) is 0 Å². The van der Waals surface area contributed by atoms with Gasteiger partial charge in [0.15, 0.2) is 0 Å². The van der Waals surface area contributed by atoms with Gasteiger partial charge in [0.25, 0.3) is 11.1 Å². The second kappa shape index (κ2) is 7.38. The Morgan fingerprint density at radius 3 is 2.50 bits per heavy atom. The summed E-state index contributed by atoms with van der Waals surface area (Å²) in [5, 5.41) is 18.4. The molecule has 0 aliphatic carbocycles. The van der Waals surface area contributed by atoms with Crippen molar-refractivity contribution in [3.8, 4) is 22.2 Å². The van der Waals surface area contributed by atoms with E-state index in [0.29, 0.717) is 33.7 Å². The molecule has 0 aliphatic rings. The van der Waals surface area contributed by atoms with Crippen LogP contribution in [0.5, 0.6) is 0 Å². The Balaban J connectivity index is 1.32. The van der Waals surface area contributed by atoms with E-state index in [1.165, 1.54) is 23.1 Å². The van der Waals surface area contributed by atoms with Gasteiger partial charge >= 0.3 is 0 Å². The third-order valence-electron chi connectivity index (χ3n) is 3.94. The molecule has 0 unspecified atom stereocenters. The summed E-state index contributed by atoms with van der Waals surface area (Å²) in [4.78, 5) is 0.770. The van der Waals surface area contributed by atoms with Crippen LogP contribution in [-0.2, 0) is 5.75 Å². The van der Waals surface area contributed by atoms with Crippen LogP contribution in [0.1, 0.15) is 5.89 Å². The molecule has 9 heteroatoms. The van der Waals surface area contributed by atoms with E-state index in [2.05, 4.69) is 20.4 Å². The van der Waals surface area contributed by atoms with Gasteiger partial charge in [-0.1, -0.05) is 59.8 Å². The van der Waals surface area contributed by atoms with Crippen molar-refractivity contribution in [3.63, 3.8) is 0 Å². The third-order valence-corrected chi connectivity index (χ3v) is 6.41. The fourth-order valence-electron chi connectivity index (χ4n) is 2.64. The van der Waals surface area contributed by atoms with E-state index in [1.807, 2.05) is 54.6 Å². The van der Waals surface area contributed by atoms with E-state index >= 15 is 0 Å². The van der Waals surface area contributed by atoms with Crippen molar-refractivity contribution in [3.05, 3.63) is 65.5 Å². The summed E-state index contributed by atoms with van der Waals surface area (Å²) >= 11 is 9.34. The minimum absolute atomic E-state index is 0.407. The van der Waals surface area contributed by atoms with Crippen LogP contribution in [0, 0.1) is 0 Å². The number of rotatable bonds is 5. The molecular weight excluding hydrogens is 416 g/mol. The van der Waals surface area contributed by atoms with Crippen molar-refractivity contribution in [2.45, 2.75) is 11.0 Å². The Morgan fingerprint density at radius 2 is 1.64 bits per heavy atom. The SMILES string of the molecule is Clc1c(-c2nnc(SCc3nnc(-c4ccccc4)o3)o2)sc2ccccc12. The predicted molar refractivity (Wildman–Crippen MR) is 109 cm³/mol. The van der Waals surface area contributed by atoms with Crippen molar-refractivity contribution >= 4 is 44.8 Å². The number of halogens is 1. The molecule has 0 N–H and O–H groups in total. The van der Waals surface area contributed by atoms with E-state index < -0.39 is 0 Å². The fraction of sp³-hybridized carbons (Fsp3) is 0.0526. The standard InChI is InChI=1S/C19H11ClN4O2S2/c20-15-12-8-4-5-9-13(12)28-16(15)18-23-24-19(26-18)27-10-14-21-22-17(25-14)11-6-2-1-3-7-11/h1-9H,10H2. The third kappa shape index (κ3) is 3.30. The van der Waals surface area contributed by atoms with Crippen LogP contribution in [0.2, 0.25) is 5.02 Å². The maximum absolute atomic E-state index is 6.48. The average molecular weight is 427 g/mol. The fourth-order valence-corrected chi connectivity index (χ4v) is 4.68.